The van der Waals surface area contributed by atoms with Gasteiger partial charge in [0.15, 0.2) is 0 Å². The van der Waals surface area contributed by atoms with Gasteiger partial charge in [0, 0.05) is 0 Å². The molecule has 260 valence electrons. The number of allylic oxidation sites excluding steroid dienone is 4. The van der Waals surface area contributed by atoms with Gasteiger partial charge >= 0.3 is 314 Å². The van der Waals surface area contributed by atoms with E-state index in [1.807, 2.05) is 0 Å². The van der Waals surface area contributed by atoms with E-state index < -0.39 is 21.3 Å². The van der Waals surface area contributed by atoms with Crippen molar-refractivity contribution in [2.75, 3.05) is 0 Å². The third-order valence-corrected chi connectivity index (χ3v) is 19.8. The number of hydrogen-bond acceptors (Lipinski definition) is 0. The van der Waals surface area contributed by atoms with Crippen LogP contribution < -0.4 is 0 Å². The summed E-state index contributed by atoms with van der Waals surface area (Å²) in [5.41, 5.74) is 16.2. The number of rotatable bonds is 4. The van der Waals surface area contributed by atoms with Crippen molar-refractivity contribution in [2.24, 2.45) is 5.92 Å². The predicted octanol–water partition coefficient (Wildman–Crippen LogP) is 13.3. The molecule has 2 aliphatic rings. The van der Waals surface area contributed by atoms with Crippen molar-refractivity contribution in [3.8, 4) is 11.1 Å². The van der Waals surface area contributed by atoms with Crippen molar-refractivity contribution in [3.63, 3.8) is 0 Å². The Morgan fingerprint density at radius 3 is 1.18 bits per heavy atom. The SMILES string of the molecule is CC1=CC(C)[C]([Zr](=[C](c2ccc(C(C)(C)C)cc2)c2ccc(C(C)(C)C)cc2)[CH]2c3cc(C(C)(C)C)ccc3-c3ccc(C(C)(C)C)cc32)=C1. The molecular formula is C49H60Zr. The van der Waals surface area contributed by atoms with Gasteiger partial charge in [-0.3, -0.25) is 0 Å². The Morgan fingerprint density at radius 2 is 0.860 bits per heavy atom. The second kappa shape index (κ2) is 13.0. The third-order valence-electron chi connectivity index (χ3n) is 11.1. The van der Waals surface area contributed by atoms with E-state index in [0.29, 0.717) is 9.54 Å². The fourth-order valence-corrected chi connectivity index (χ4v) is 17.6. The molecule has 0 bridgehead atoms. The molecule has 0 saturated heterocycles. The summed E-state index contributed by atoms with van der Waals surface area (Å²) in [6, 6.07) is 34.4. The Labute approximate surface area is 312 Å². The van der Waals surface area contributed by atoms with Gasteiger partial charge in [0.2, 0.25) is 0 Å². The molecule has 4 aromatic rings. The van der Waals surface area contributed by atoms with Gasteiger partial charge in [-0.15, -0.1) is 0 Å². The molecular weight excluding hydrogens is 680 g/mol. The second-order valence-electron chi connectivity index (χ2n) is 19.3. The molecule has 0 N–H and O–H groups in total. The van der Waals surface area contributed by atoms with Crippen LogP contribution in [0.15, 0.2) is 106 Å². The standard InChI is InChI=1S/C21H25.C21H26.C7H9.Zr/c1-20(2,3)16-7-9-18-14(12-16)11-15-13-17(21(4,5)6)8-10-19(15)18;1-20(2,3)18-11-7-16(8-12-18)15-17-9-13-19(14-10-17)21(4,5)6;1-6-3-4-7(2)5-6;/h7-13H,1-6H3;7-14H,1-6H3;3,5,7H,1-2H3;. The van der Waals surface area contributed by atoms with Gasteiger partial charge in [0.05, 0.1) is 0 Å². The van der Waals surface area contributed by atoms with Gasteiger partial charge in [-0.1, -0.05) is 0 Å². The Bertz CT molecular complexity index is 1890. The Kier molecular flexibility index (Phi) is 9.56. The van der Waals surface area contributed by atoms with Crippen molar-refractivity contribution in [2.45, 2.75) is 122 Å². The van der Waals surface area contributed by atoms with Crippen molar-refractivity contribution in [1.82, 2.24) is 0 Å². The monoisotopic (exact) mass is 738 g/mol. The van der Waals surface area contributed by atoms with Crippen molar-refractivity contribution >= 4 is 3.21 Å². The van der Waals surface area contributed by atoms with Crippen LogP contribution in [0.1, 0.15) is 145 Å². The topological polar surface area (TPSA) is 0 Å². The first-order valence-corrected chi connectivity index (χ1v) is 22.7. The first-order valence-electron chi connectivity index (χ1n) is 18.8. The van der Waals surface area contributed by atoms with Gasteiger partial charge in [-0.25, -0.2) is 0 Å². The molecule has 0 amide bonds. The van der Waals surface area contributed by atoms with Crippen molar-refractivity contribution < 1.29 is 21.3 Å². The number of fused-ring (bicyclic) bond motifs is 3. The average Bonchev–Trinajstić information content (AvgIpc) is 3.53. The molecule has 50 heavy (non-hydrogen) atoms. The van der Waals surface area contributed by atoms with Crippen LogP contribution in [0.5, 0.6) is 0 Å². The molecule has 4 aromatic carbocycles. The molecule has 0 nitrogen and oxygen atoms in total. The number of benzene rings is 4. The summed E-state index contributed by atoms with van der Waals surface area (Å²) in [6.07, 6.45) is 5.12. The fourth-order valence-electron chi connectivity index (χ4n) is 7.94. The summed E-state index contributed by atoms with van der Waals surface area (Å²) in [7, 11) is 0. The molecule has 6 rings (SSSR count). The summed E-state index contributed by atoms with van der Waals surface area (Å²) >= 11 is -2.91. The maximum absolute atomic E-state index is 2.91. The van der Waals surface area contributed by atoms with E-state index >= 15 is 0 Å². The molecule has 0 heterocycles. The van der Waals surface area contributed by atoms with Crippen LogP contribution in [0.25, 0.3) is 11.1 Å². The zero-order valence-electron chi connectivity index (χ0n) is 33.4. The van der Waals surface area contributed by atoms with Crippen LogP contribution >= 0.6 is 0 Å². The normalized spacial score (nSPS) is 16.6. The molecule has 0 aliphatic heterocycles. The zero-order valence-corrected chi connectivity index (χ0v) is 35.9. The van der Waals surface area contributed by atoms with Gasteiger partial charge in [0.25, 0.3) is 0 Å². The van der Waals surface area contributed by atoms with E-state index in [1.54, 1.807) is 17.6 Å². The summed E-state index contributed by atoms with van der Waals surface area (Å²) in [6.45, 7) is 32.9. The molecule has 0 fully saturated rings. The minimum atomic E-state index is -2.91. The Balaban J connectivity index is 1.77. The summed E-state index contributed by atoms with van der Waals surface area (Å²) in [5.74, 6) is 0.436. The van der Waals surface area contributed by atoms with Crippen LogP contribution in [-0.4, -0.2) is 3.21 Å². The Morgan fingerprint density at radius 1 is 0.500 bits per heavy atom. The van der Waals surface area contributed by atoms with Gasteiger partial charge < -0.3 is 0 Å². The van der Waals surface area contributed by atoms with Gasteiger partial charge in [0.1, 0.15) is 0 Å². The second-order valence-corrected chi connectivity index (χ2v) is 25.4. The molecule has 0 spiro atoms. The summed E-state index contributed by atoms with van der Waals surface area (Å²) in [4.78, 5) is 0. The van der Waals surface area contributed by atoms with E-state index in [2.05, 4.69) is 194 Å². The fraction of sp³-hybridized carbons (Fsp3) is 0.408. The van der Waals surface area contributed by atoms with Crippen molar-refractivity contribution in [1.29, 1.82) is 0 Å². The van der Waals surface area contributed by atoms with E-state index in [4.69, 9.17) is 0 Å². The first kappa shape index (κ1) is 36.9. The molecule has 1 unspecified atom stereocenters. The van der Waals surface area contributed by atoms with Gasteiger partial charge in [-0.2, -0.15) is 0 Å². The van der Waals surface area contributed by atoms with Gasteiger partial charge in [-0.05, 0) is 0 Å². The molecule has 0 saturated carbocycles. The number of hydrogen-bond donors (Lipinski definition) is 0. The maximum atomic E-state index is 2.61. The third kappa shape index (κ3) is 7.11. The summed E-state index contributed by atoms with van der Waals surface area (Å²) < 4.78 is 3.71. The van der Waals surface area contributed by atoms with Crippen LogP contribution in [0, 0.1) is 5.92 Å². The van der Waals surface area contributed by atoms with E-state index in [-0.39, 0.29) is 21.7 Å². The minimum absolute atomic E-state index is 0.0740. The average molecular weight is 740 g/mol. The molecule has 0 radical (unpaired) electrons. The zero-order chi connectivity index (χ0) is 36.6. The van der Waals surface area contributed by atoms with E-state index in [1.165, 1.54) is 50.1 Å². The molecule has 2 aliphatic carbocycles. The van der Waals surface area contributed by atoms with Crippen LogP contribution in [0.3, 0.4) is 0 Å². The predicted molar refractivity (Wildman–Crippen MR) is 216 cm³/mol. The quantitative estimate of drug-likeness (QED) is 0.195. The van der Waals surface area contributed by atoms with Crippen LogP contribution in [0.4, 0.5) is 0 Å². The molecule has 1 heteroatoms. The molecule has 0 aromatic heterocycles. The Hall–Kier alpha value is -2.89. The van der Waals surface area contributed by atoms with Crippen molar-refractivity contribution in [3.05, 3.63) is 150 Å². The summed E-state index contributed by atoms with van der Waals surface area (Å²) in [5, 5.41) is 0. The van der Waals surface area contributed by atoms with E-state index in [0.717, 1.165) is 0 Å². The van der Waals surface area contributed by atoms with E-state index in [9.17, 15) is 0 Å². The first-order chi connectivity index (χ1) is 23.1. The van der Waals surface area contributed by atoms with Crippen LogP contribution in [-0.2, 0) is 42.9 Å². The van der Waals surface area contributed by atoms with Crippen LogP contribution in [0.2, 0.25) is 0 Å². The molecule has 1 atom stereocenters.